The average Bonchev–Trinajstić information content (AvgIpc) is 2.99. The van der Waals surface area contributed by atoms with Crippen molar-refractivity contribution in [1.29, 1.82) is 0 Å². The summed E-state index contributed by atoms with van der Waals surface area (Å²) in [5.41, 5.74) is 2.55. The van der Waals surface area contributed by atoms with Crippen molar-refractivity contribution in [3.8, 4) is 0 Å². The standard InChI is InChI=1S/C15H18N2S/c1-12-11-18-15(16-12)14-8-5-9-17(14)10-13-6-3-2-4-7-13/h2-4,6-7,11,14H,5,8-10H2,1H3/t14-/m1/s1. The van der Waals surface area contributed by atoms with Gasteiger partial charge < -0.3 is 0 Å². The summed E-state index contributed by atoms with van der Waals surface area (Å²) in [4.78, 5) is 7.22. The van der Waals surface area contributed by atoms with Gasteiger partial charge in [0.15, 0.2) is 0 Å². The van der Waals surface area contributed by atoms with Gasteiger partial charge >= 0.3 is 0 Å². The molecule has 0 radical (unpaired) electrons. The minimum atomic E-state index is 0.531. The molecule has 2 nitrogen and oxygen atoms in total. The monoisotopic (exact) mass is 258 g/mol. The highest BCUT2D eigenvalue weighted by Crippen LogP contribution is 2.34. The van der Waals surface area contributed by atoms with Crippen LogP contribution in [-0.2, 0) is 6.54 Å². The van der Waals surface area contributed by atoms with E-state index in [9.17, 15) is 0 Å². The zero-order valence-corrected chi connectivity index (χ0v) is 11.5. The Bertz CT molecular complexity index is 506. The van der Waals surface area contributed by atoms with E-state index in [0.29, 0.717) is 6.04 Å². The molecule has 94 valence electrons. The van der Waals surface area contributed by atoms with Gasteiger partial charge in [0.1, 0.15) is 5.01 Å². The van der Waals surface area contributed by atoms with Gasteiger partial charge in [0.05, 0.1) is 6.04 Å². The average molecular weight is 258 g/mol. The van der Waals surface area contributed by atoms with Crippen LogP contribution < -0.4 is 0 Å². The summed E-state index contributed by atoms with van der Waals surface area (Å²) in [6.45, 7) is 4.32. The van der Waals surface area contributed by atoms with Crippen molar-refractivity contribution >= 4 is 11.3 Å². The molecular formula is C15H18N2S. The molecule has 0 amide bonds. The van der Waals surface area contributed by atoms with E-state index in [1.165, 1.54) is 30.0 Å². The van der Waals surface area contributed by atoms with E-state index in [4.69, 9.17) is 0 Å². The van der Waals surface area contributed by atoms with E-state index in [1.54, 1.807) is 0 Å². The smallest absolute Gasteiger partial charge is 0.110 e. The van der Waals surface area contributed by atoms with Gasteiger partial charge in [0, 0.05) is 17.6 Å². The molecule has 1 aromatic carbocycles. The fraction of sp³-hybridized carbons (Fsp3) is 0.400. The van der Waals surface area contributed by atoms with Crippen LogP contribution in [0.25, 0.3) is 0 Å². The summed E-state index contributed by atoms with van der Waals surface area (Å²) < 4.78 is 0. The Kier molecular flexibility index (Phi) is 3.43. The predicted octanol–water partition coefficient (Wildman–Crippen LogP) is 3.79. The van der Waals surface area contributed by atoms with Gasteiger partial charge in [0.2, 0.25) is 0 Å². The zero-order chi connectivity index (χ0) is 12.4. The minimum Gasteiger partial charge on any atom is -0.290 e. The Morgan fingerprint density at radius 2 is 2.17 bits per heavy atom. The molecule has 0 aliphatic carbocycles. The Morgan fingerprint density at radius 3 is 2.89 bits per heavy atom. The fourth-order valence-electron chi connectivity index (χ4n) is 2.64. The lowest BCUT2D eigenvalue weighted by atomic mass is 10.2. The van der Waals surface area contributed by atoms with Crippen molar-refractivity contribution in [2.75, 3.05) is 6.54 Å². The molecule has 0 N–H and O–H groups in total. The number of nitrogens with zero attached hydrogens (tertiary/aromatic N) is 2. The first kappa shape index (κ1) is 11.9. The second-order valence-electron chi connectivity index (χ2n) is 4.94. The molecule has 0 bridgehead atoms. The highest BCUT2D eigenvalue weighted by atomic mass is 32.1. The summed E-state index contributed by atoms with van der Waals surface area (Å²) in [6, 6.07) is 11.3. The molecular weight excluding hydrogens is 240 g/mol. The third-order valence-corrected chi connectivity index (χ3v) is 4.58. The molecule has 0 spiro atoms. The van der Waals surface area contributed by atoms with Gasteiger partial charge in [-0.15, -0.1) is 11.3 Å². The van der Waals surface area contributed by atoms with Crippen LogP contribution in [-0.4, -0.2) is 16.4 Å². The topological polar surface area (TPSA) is 16.1 Å². The third kappa shape index (κ3) is 2.47. The number of hydrogen-bond acceptors (Lipinski definition) is 3. The Balaban J connectivity index is 1.75. The lowest BCUT2D eigenvalue weighted by Gasteiger charge is -2.22. The van der Waals surface area contributed by atoms with Crippen LogP contribution in [0, 0.1) is 6.92 Å². The number of aryl methyl sites for hydroxylation is 1. The predicted molar refractivity (Wildman–Crippen MR) is 75.7 cm³/mol. The van der Waals surface area contributed by atoms with Crippen LogP contribution in [0.5, 0.6) is 0 Å². The van der Waals surface area contributed by atoms with E-state index >= 15 is 0 Å². The van der Waals surface area contributed by atoms with Crippen molar-refractivity contribution in [2.45, 2.75) is 32.4 Å². The van der Waals surface area contributed by atoms with E-state index in [-0.39, 0.29) is 0 Å². The summed E-state index contributed by atoms with van der Waals surface area (Å²) in [7, 11) is 0. The summed E-state index contributed by atoms with van der Waals surface area (Å²) in [5.74, 6) is 0. The van der Waals surface area contributed by atoms with Crippen molar-refractivity contribution < 1.29 is 0 Å². The Labute approximate surface area is 112 Å². The van der Waals surface area contributed by atoms with Crippen LogP contribution in [0.4, 0.5) is 0 Å². The van der Waals surface area contributed by atoms with Gasteiger partial charge in [-0.05, 0) is 31.9 Å². The second-order valence-corrected chi connectivity index (χ2v) is 5.83. The lowest BCUT2D eigenvalue weighted by Crippen LogP contribution is -2.22. The normalized spacial score (nSPS) is 20.4. The number of rotatable bonds is 3. The zero-order valence-electron chi connectivity index (χ0n) is 10.7. The molecule has 1 aromatic heterocycles. The van der Waals surface area contributed by atoms with Crippen LogP contribution in [0.2, 0.25) is 0 Å². The van der Waals surface area contributed by atoms with Crippen molar-refractivity contribution in [3.63, 3.8) is 0 Å². The Morgan fingerprint density at radius 1 is 1.33 bits per heavy atom. The maximum Gasteiger partial charge on any atom is 0.110 e. The second kappa shape index (κ2) is 5.21. The molecule has 3 rings (SSSR count). The first-order valence-electron chi connectivity index (χ1n) is 6.53. The number of aromatic nitrogens is 1. The van der Waals surface area contributed by atoms with Gasteiger partial charge in [-0.3, -0.25) is 4.90 Å². The highest BCUT2D eigenvalue weighted by Gasteiger charge is 2.27. The number of benzene rings is 1. The molecule has 1 fully saturated rings. The van der Waals surface area contributed by atoms with Crippen LogP contribution in [0.1, 0.15) is 35.1 Å². The van der Waals surface area contributed by atoms with Crippen LogP contribution in [0.15, 0.2) is 35.7 Å². The molecule has 1 atom stereocenters. The van der Waals surface area contributed by atoms with Gasteiger partial charge in [-0.1, -0.05) is 30.3 Å². The quantitative estimate of drug-likeness (QED) is 0.832. The molecule has 18 heavy (non-hydrogen) atoms. The fourth-order valence-corrected chi connectivity index (χ4v) is 3.60. The number of thiazole rings is 1. The molecule has 2 aromatic rings. The minimum absolute atomic E-state index is 0.531. The molecule has 0 saturated carbocycles. The van der Waals surface area contributed by atoms with Crippen molar-refractivity contribution in [1.82, 2.24) is 9.88 Å². The largest absolute Gasteiger partial charge is 0.290 e. The molecule has 1 aliphatic heterocycles. The third-order valence-electron chi connectivity index (χ3n) is 3.51. The van der Waals surface area contributed by atoms with Crippen LogP contribution in [0.3, 0.4) is 0 Å². The van der Waals surface area contributed by atoms with Gasteiger partial charge in [-0.25, -0.2) is 4.98 Å². The number of hydrogen-bond donors (Lipinski definition) is 0. The molecule has 3 heteroatoms. The van der Waals surface area contributed by atoms with Crippen molar-refractivity contribution in [3.05, 3.63) is 52.0 Å². The Hall–Kier alpha value is -1.19. The van der Waals surface area contributed by atoms with Crippen LogP contribution >= 0.6 is 11.3 Å². The van der Waals surface area contributed by atoms with E-state index in [0.717, 1.165) is 12.2 Å². The van der Waals surface area contributed by atoms with E-state index in [2.05, 4.69) is 52.5 Å². The summed E-state index contributed by atoms with van der Waals surface area (Å²) >= 11 is 1.81. The van der Waals surface area contributed by atoms with Crippen molar-refractivity contribution in [2.24, 2.45) is 0 Å². The van der Waals surface area contributed by atoms with Gasteiger partial charge in [-0.2, -0.15) is 0 Å². The molecule has 1 aliphatic rings. The number of likely N-dealkylation sites (tertiary alicyclic amines) is 1. The van der Waals surface area contributed by atoms with E-state index < -0.39 is 0 Å². The SMILES string of the molecule is Cc1csc([C@H]2CCCN2Cc2ccccc2)n1. The first-order valence-corrected chi connectivity index (χ1v) is 7.41. The first-order chi connectivity index (χ1) is 8.83. The maximum atomic E-state index is 4.66. The lowest BCUT2D eigenvalue weighted by molar-refractivity contribution is 0.248. The van der Waals surface area contributed by atoms with Gasteiger partial charge in [0.25, 0.3) is 0 Å². The highest BCUT2D eigenvalue weighted by molar-refractivity contribution is 7.09. The molecule has 2 heterocycles. The van der Waals surface area contributed by atoms with E-state index in [1.807, 2.05) is 11.3 Å². The molecule has 0 unspecified atom stereocenters. The summed E-state index contributed by atoms with van der Waals surface area (Å²) in [6.07, 6.45) is 2.54. The molecule has 1 saturated heterocycles. The maximum absolute atomic E-state index is 4.66. The summed E-state index contributed by atoms with van der Waals surface area (Å²) in [5, 5.41) is 3.45.